The van der Waals surface area contributed by atoms with Gasteiger partial charge in [0.15, 0.2) is 0 Å². The molecule has 0 aromatic heterocycles. The first kappa shape index (κ1) is 17.7. The molecule has 1 atom stereocenters. The van der Waals surface area contributed by atoms with Crippen molar-refractivity contribution in [2.24, 2.45) is 0 Å². The first-order chi connectivity index (χ1) is 12.1. The number of carbonyl (C=O) groups is 2. The van der Waals surface area contributed by atoms with Gasteiger partial charge in [0, 0.05) is 39.1 Å². The lowest BCUT2D eigenvalue weighted by molar-refractivity contribution is -0.135. The van der Waals surface area contributed by atoms with Gasteiger partial charge in [-0.1, -0.05) is 36.9 Å². The quantitative estimate of drug-likeness (QED) is 0.771. The zero-order valence-corrected chi connectivity index (χ0v) is 14.8. The first-order valence-corrected chi connectivity index (χ1v) is 8.88. The number of amides is 2. The Labute approximate surface area is 149 Å². The molecule has 2 heterocycles. The third-order valence-corrected chi connectivity index (χ3v) is 5.70. The third kappa shape index (κ3) is 3.21. The molecule has 0 radical (unpaired) electrons. The molecule has 1 spiro atoms. The van der Waals surface area contributed by atoms with Crippen LogP contribution in [0.5, 0.6) is 0 Å². The van der Waals surface area contributed by atoms with Crippen molar-refractivity contribution in [3.63, 3.8) is 0 Å². The fourth-order valence-corrected chi connectivity index (χ4v) is 4.42. The van der Waals surface area contributed by atoms with Crippen LogP contribution >= 0.6 is 0 Å². The van der Waals surface area contributed by atoms with Gasteiger partial charge in [0.25, 0.3) is 0 Å². The number of nitrogens with zero attached hydrogens (tertiary/aromatic N) is 2. The monoisotopic (exact) mass is 342 g/mol. The van der Waals surface area contributed by atoms with Crippen molar-refractivity contribution >= 4 is 11.8 Å². The van der Waals surface area contributed by atoms with Crippen molar-refractivity contribution in [2.75, 3.05) is 33.4 Å². The van der Waals surface area contributed by atoms with Gasteiger partial charge in [0.1, 0.15) is 0 Å². The van der Waals surface area contributed by atoms with Gasteiger partial charge in [-0.25, -0.2) is 0 Å². The number of likely N-dealkylation sites (tertiary alicyclic amines) is 2. The van der Waals surface area contributed by atoms with Crippen molar-refractivity contribution in [3.8, 4) is 0 Å². The van der Waals surface area contributed by atoms with Crippen LogP contribution in [0, 0.1) is 0 Å². The Hall–Kier alpha value is -2.14. The smallest absolute Gasteiger partial charge is 0.245 e. The number of methoxy groups -OCH3 is 1. The van der Waals surface area contributed by atoms with Gasteiger partial charge < -0.3 is 14.5 Å². The first-order valence-electron chi connectivity index (χ1n) is 8.88. The van der Waals surface area contributed by atoms with Crippen LogP contribution < -0.4 is 0 Å². The second kappa shape index (κ2) is 7.40. The van der Waals surface area contributed by atoms with Crippen LogP contribution in [0.1, 0.15) is 30.7 Å². The number of hydrogen-bond donors (Lipinski definition) is 0. The van der Waals surface area contributed by atoms with E-state index in [1.165, 1.54) is 11.6 Å². The Morgan fingerprint density at radius 1 is 1.32 bits per heavy atom. The Morgan fingerprint density at radius 3 is 2.60 bits per heavy atom. The van der Waals surface area contributed by atoms with Gasteiger partial charge in [-0.3, -0.25) is 9.59 Å². The topological polar surface area (TPSA) is 49.9 Å². The van der Waals surface area contributed by atoms with Crippen LogP contribution in [0.25, 0.3) is 0 Å². The van der Waals surface area contributed by atoms with Crippen LogP contribution in [0.3, 0.4) is 0 Å². The normalized spacial score (nSPS) is 22.4. The Kier molecular flexibility index (Phi) is 5.23. The van der Waals surface area contributed by atoms with Crippen LogP contribution in [-0.2, 0) is 14.3 Å². The average Bonchev–Trinajstić information content (AvgIpc) is 2.92. The van der Waals surface area contributed by atoms with E-state index in [2.05, 4.69) is 18.7 Å². The molecule has 1 aromatic rings. The fraction of sp³-hybridized carbons (Fsp3) is 0.500. The molecule has 2 amide bonds. The van der Waals surface area contributed by atoms with Crippen LogP contribution in [-0.4, -0.2) is 60.5 Å². The molecule has 5 nitrogen and oxygen atoms in total. The molecule has 2 aliphatic heterocycles. The maximum atomic E-state index is 12.8. The van der Waals surface area contributed by atoms with Crippen molar-refractivity contribution in [1.29, 1.82) is 0 Å². The molecule has 1 unspecified atom stereocenters. The molecule has 25 heavy (non-hydrogen) atoms. The van der Waals surface area contributed by atoms with Crippen LogP contribution in [0.4, 0.5) is 0 Å². The van der Waals surface area contributed by atoms with Gasteiger partial charge in [-0.05, 0) is 24.5 Å². The van der Waals surface area contributed by atoms with Gasteiger partial charge in [0.05, 0.1) is 12.1 Å². The minimum atomic E-state index is -0.227. The number of carbonyl (C=O) groups excluding carboxylic acids is 2. The molecular formula is C20H26N2O3. The Balaban J connectivity index is 1.90. The largest absolute Gasteiger partial charge is 0.383 e. The maximum absolute atomic E-state index is 12.8. The highest BCUT2D eigenvalue weighted by Crippen LogP contribution is 2.48. The summed E-state index contributed by atoms with van der Waals surface area (Å²) in [6, 6.07) is 10.3. The number of benzene rings is 1. The second-order valence-electron chi connectivity index (χ2n) is 6.84. The molecule has 0 aliphatic carbocycles. The summed E-state index contributed by atoms with van der Waals surface area (Å²) >= 11 is 0. The van der Waals surface area contributed by atoms with Crippen molar-refractivity contribution in [1.82, 2.24) is 9.80 Å². The van der Waals surface area contributed by atoms with Gasteiger partial charge in [-0.15, -0.1) is 0 Å². The molecule has 1 aromatic carbocycles. The molecule has 0 saturated carbocycles. The van der Waals surface area contributed by atoms with E-state index >= 15 is 0 Å². The molecule has 134 valence electrons. The third-order valence-electron chi connectivity index (χ3n) is 5.70. The molecule has 3 rings (SSSR count). The van der Waals surface area contributed by atoms with E-state index in [9.17, 15) is 9.59 Å². The summed E-state index contributed by atoms with van der Waals surface area (Å²) < 4.78 is 5.23. The van der Waals surface area contributed by atoms with E-state index in [-0.39, 0.29) is 23.3 Å². The highest BCUT2D eigenvalue weighted by Gasteiger charge is 2.54. The van der Waals surface area contributed by atoms with Crippen molar-refractivity contribution in [3.05, 3.63) is 48.6 Å². The zero-order valence-electron chi connectivity index (χ0n) is 14.8. The molecule has 5 heteroatoms. The van der Waals surface area contributed by atoms with E-state index in [1.807, 2.05) is 28.0 Å². The summed E-state index contributed by atoms with van der Waals surface area (Å²) in [5.74, 6) is 0.326. The van der Waals surface area contributed by atoms with Gasteiger partial charge in [-0.2, -0.15) is 0 Å². The number of hydrogen-bond acceptors (Lipinski definition) is 3. The summed E-state index contributed by atoms with van der Waals surface area (Å²) in [7, 11) is 1.66. The van der Waals surface area contributed by atoms with E-state index in [4.69, 9.17) is 4.74 Å². The van der Waals surface area contributed by atoms with Crippen LogP contribution in [0.2, 0.25) is 0 Å². The number of ether oxygens (including phenoxy) is 1. The lowest BCUT2D eigenvalue weighted by atomic mass is 9.73. The molecule has 2 fully saturated rings. The second-order valence-corrected chi connectivity index (χ2v) is 6.84. The summed E-state index contributed by atoms with van der Waals surface area (Å²) in [5.41, 5.74) is 0.980. The number of piperidine rings is 1. The summed E-state index contributed by atoms with van der Waals surface area (Å²) in [5, 5.41) is 0. The van der Waals surface area contributed by atoms with Gasteiger partial charge in [0.2, 0.25) is 11.8 Å². The van der Waals surface area contributed by atoms with Crippen molar-refractivity contribution in [2.45, 2.75) is 30.7 Å². The molecular weight excluding hydrogens is 316 g/mol. The minimum absolute atomic E-state index is 0.0288. The predicted octanol–water partition coefficient (Wildman–Crippen LogP) is 2.20. The van der Waals surface area contributed by atoms with E-state index < -0.39 is 0 Å². The van der Waals surface area contributed by atoms with Crippen molar-refractivity contribution < 1.29 is 14.3 Å². The molecule has 2 saturated heterocycles. The lowest BCUT2D eigenvalue weighted by Crippen LogP contribution is -2.56. The SMILES string of the molecule is C=CC(=O)N1CCC2(CC1)C(c1ccccc1)CC(=O)N2CCOC. The lowest BCUT2D eigenvalue weighted by Gasteiger charge is -2.48. The van der Waals surface area contributed by atoms with E-state index in [0.29, 0.717) is 32.7 Å². The zero-order chi connectivity index (χ0) is 17.9. The molecule has 0 bridgehead atoms. The predicted molar refractivity (Wildman–Crippen MR) is 96.1 cm³/mol. The molecule has 2 aliphatic rings. The fourth-order valence-electron chi connectivity index (χ4n) is 4.42. The molecule has 0 N–H and O–H groups in total. The minimum Gasteiger partial charge on any atom is -0.383 e. The van der Waals surface area contributed by atoms with Gasteiger partial charge >= 0.3 is 0 Å². The highest BCUT2D eigenvalue weighted by molar-refractivity contribution is 5.87. The van der Waals surface area contributed by atoms with E-state index in [1.54, 1.807) is 7.11 Å². The summed E-state index contributed by atoms with van der Waals surface area (Å²) in [6.07, 6.45) is 3.49. The Morgan fingerprint density at radius 2 is 2.00 bits per heavy atom. The summed E-state index contributed by atoms with van der Waals surface area (Å²) in [4.78, 5) is 28.6. The number of rotatable bonds is 5. The standard InChI is InChI=1S/C20H26N2O3/c1-3-18(23)21-11-9-20(10-12-21)17(16-7-5-4-6-8-16)15-19(24)22(20)13-14-25-2/h3-8,17H,1,9-15H2,2H3. The highest BCUT2D eigenvalue weighted by atomic mass is 16.5. The van der Waals surface area contributed by atoms with E-state index in [0.717, 1.165) is 12.8 Å². The summed E-state index contributed by atoms with van der Waals surface area (Å²) in [6.45, 7) is 6.04. The average molecular weight is 342 g/mol. The Bertz CT molecular complexity index is 636. The maximum Gasteiger partial charge on any atom is 0.245 e. The van der Waals surface area contributed by atoms with Crippen LogP contribution in [0.15, 0.2) is 43.0 Å².